The summed E-state index contributed by atoms with van der Waals surface area (Å²) in [5, 5.41) is 0.252. The van der Waals surface area contributed by atoms with Gasteiger partial charge >= 0.3 is 0 Å². The van der Waals surface area contributed by atoms with Gasteiger partial charge in [-0.25, -0.2) is 9.83 Å². The van der Waals surface area contributed by atoms with E-state index >= 15 is 0 Å². The van der Waals surface area contributed by atoms with Crippen molar-refractivity contribution < 1.29 is 0 Å². The van der Waals surface area contributed by atoms with Gasteiger partial charge in [0.25, 0.3) is 0 Å². The molecular formula is C26H28ClN3. The van der Waals surface area contributed by atoms with Gasteiger partial charge in [0.05, 0.1) is 12.3 Å². The first-order chi connectivity index (χ1) is 14.7. The van der Waals surface area contributed by atoms with Gasteiger partial charge in [-0.2, -0.15) is 0 Å². The second kappa shape index (κ2) is 10.9. The maximum atomic E-state index is 7.37. The summed E-state index contributed by atoms with van der Waals surface area (Å²) in [6.07, 6.45) is 3.95. The molecular weight excluding hydrogens is 390 g/mol. The Morgan fingerprint density at radius 1 is 0.933 bits per heavy atom. The van der Waals surface area contributed by atoms with Crippen LogP contribution >= 0.6 is 11.6 Å². The molecule has 1 aromatic heterocycles. The van der Waals surface area contributed by atoms with E-state index in [2.05, 4.69) is 39.0 Å². The summed E-state index contributed by atoms with van der Waals surface area (Å²) < 4.78 is 0. The predicted octanol–water partition coefficient (Wildman–Crippen LogP) is 7.63. The van der Waals surface area contributed by atoms with E-state index in [4.69, 9.17) is 18.2 Å². The van der Waals surface area contributed by atoms with E-state index < -0.39 is 0 Å². The third kappa shape index (κ3) is 5.27. The quantitative estimate of drug-likeness (QED) is 0.321. The topological polar surface area (TPSA) is 20.5 Å². The molecule has 0 atom stereocenters. The molecule has 0 radical (unpaired) electrons. The smallest absolute Gasteiger partial charge is 0.224 e. The van der Waals surface area contributed by atoms with E-state index in [1.54, 1.807) is 0 Å². The van der Waals surface area contributed by atoms with Gasteiger partial charge in [-0.1, -0.05) is 86.5 Å². The van der Waals surface area contributed by atoms with E-state index in [0.29, 0.717) is 5.69 Å². The average Bonchev–Trinajstić information content (AvgIpc) is 2.82. The molecule has 0 unspecified atom stereocenters. The van der Waals surface area contributed by atoms with Crippen LogP contribution in [0.4, 0.5) is 5.69 Å². The molecule has 4 heteroatoms. The molecule has 2 heterocycles. The molecule has 0 saturated carbocycles. The van der Waals surface area contributed by atoms with Gasteiger partial charge in [0.15, 0.2) is 0 Å². The Bertz CT molecular complexity index is 985. The molecule has 0 amide bonds. The first-order valence-corrected chi connectivity index (χ1v) is 11.1. The molecule has 3 aromatic rings. The molecule has 1 fully saturated rings. The number of pyridine rings is 1. The lowest BCUT2D eigenvalue weighted by Crippen LogP contribution is -2.28. The van der Waals surface area contributed by atoms with Crippen molar-refractivity contribution in [3.05, 3.63) is 82.8 Å². The van der Waals surface area contributed by atoms with Gasteiger partial charge in [0.2, 0.25) is 5.69 Å². The number of nitrogens with zero attached hydrogens (tertiary/aromatic N) is 3. The summed E-state index contributed by atoms with van der Waals surface area (Å²) in [6, 6.07) is 20.5. The van der Waals surface area contributed by atoms with E-state index in [0.717, 1.165) is 28.9 Å². The zero-order valence-corrected chi connectivity index (χ0v) is 18.5. The van der Waals surface area contributed by atoms with Crippen LogP contribution in [0, 0.1) is 6.57 Å². The fourth-order valence-corrected chi connectivity index (χ4v) is 3.94. The minimum absolute atomic E-state index is 0.252. The summed E-state index contributed by atoms with van der Waals surface area (Å²) in [7, 11) is 0. The molecule has 2 aromatic carbocycles. The Kier molecular flexibility index (Phi) is 8.02. The maximum absolute atomic E-state index is 7.37. The Morgan fingerprint density at radius 3 is 2.23 bits per heavy atom. The van der Waals surface area contributed by atoms with Crippen LogP contribution in [-0.2, 0) is 6.54 Å². The highest BCUT2D eigenvalue weighted by Gasteiger charge is 2.15. The lowest BCUT2D eigenvalue weighted by molar-refractivity contribution is 0.221. The number of hydrogen-bond donors (Lipinski definition) is 0. The van der Waals surface area contributed by atoms with Crippen molar-refractivity contribution in [3.63, 3.8) is 0 Å². The average molecular weight is 418 g/mol. The van der Waals surface area contributed by atoms with Crippen LogP contribution in [0.15, 0.2) is 60.7 Å². The normalized spacial score (nSPS) is 13.8. The monoisotopic (exact) mass is 417 g/mol. The van der Waals surface area contributed by atoms with Crippen LogP contribution in [-0.4, -0.2) is 23.0 Å². The maximum Gasteiger partial charge on any atom is 0.224 e. The van der Waals surface area contributed by atoms with Crippen molar-refractivity contribution in [2.45, 2.75) is 39.7 Å². The molecule has 30 heavy (non-hydrogen) atoms. The van der Waals surface area contributed by atoms with Gasteiger partial charge in [0, 0.05) is 12.1 Å². The zero-order valence-electron chi connectivity index (χ0n) is 17.7. The lowest BCUT2D eigenvalue weighted by atomic mass is 9.98. The Hall–Kier alpha value is -2.67. The Balaban J connectivity index is 0.00000124. The van der Waals surface area contributed by atoms with Crippen LogP contribution < -0.4 is 0 Å². The number of hydrogen-bond acceptors (Lipinski definition) is 2. The van der Waals surface area contributed by atoms with Crippen LogP contribution in [0.1, 0.15) is 38.7 Å². The minimum atomic E-state index is 0.252. The molecule has 4 rings (SSSR count). The van der Waals surface area contributed by atoms with E-state index in [-0.39, 0.29) is 5.15 Å². The van der Waals surface area contributed by atoms with Crippen molar-refractivity contribution in [2.75, 3.05) is 13.1 Å². The summed E-state index contributed by atoms with van der Waals surface area (Å²) in [4.78, 5) is 10.6. The fraction of sp³-hybridized carbons (Fsp3) is 0.308. The molecule has 0 N–H and O–H groups in total. The van der Waals surface area contributed by atoms with Crippen LogP contribution in [0.5, 0.6) is 0 Å². The molecule has 154 valence electrons. The largest absolute Gasteiger partial charge is 0.299 e. The summed E-state index contributed by atoms with van der Waals surface area (Å²) in [5.74, 6) is 0. The highest BCUT2D eigenvalue weighted by Crippen LogP contribution is 2.37. The van der Waals surface area contributed by atoms with E-state index in [1.807, 2.05) is 50.2 Å². The molecule has 1 saturated heterocycles. The van der Waals surface area contributed by atoms with E-state index in [9.17, 15) is 0 Å². The summed E-state index contributed by atoms with van der Waals surface area (Å²) in [6.45, 7) is 14.7. The van der Waals surface area contributed by atoms with E-state index in [1.165, 1.54) is 37.9 Å². The predicted molar refractivity (Wildman–Crippen MR) is 127 cm³/mol. The second-order valence-corrected chi connectivity index (χ2v) is 7.56. The van der Waals surface area contributed by atoms with Crippen LogP contribution in [0.25, 0.3) is 27.2 Å². The SMILES string of the molecule is CC.[C-]#[N+]c1cc(-c2ccccc2)c(-c2ccc(CN3CCCCC3)cc2)nc1Cl. The van der Waals surface area contributed by atoms with Crippen LogP contribution in [0.3, 0.4) is 0 Å². The summed E-state index contributed by atoms with van der Waals surface area (Å²) >= 11 is 6.27. The molecule has 1 aliphatic rings. The lowest BCUT2D eigenvalue weighted by Gasteiger charge is -2.26. The number of halogens is 1. The molecule has 0 spiro atoms. The second-order valence-electron chi connectivity index (χ2n) is 7.21. The van der Waals surface area contributed by atoms with Crippen LogP contribution in [0.2, 0.25) is 5.15 Å². The number of benzene rings is 2. The Morgan fingerprint density at radius 2 is 1.60 bits per heavy atom. The van der Waals surface area contributed by atoms with Crippen molar-refractivity contribution in [3.8, 4) is 22.4 Å². The fourth-order valence-electron chi connectivity index (χ4n) is 3.76. The molecule has 1 aliphatic heterocycles. The zero-order chi connectivity index (χ0) is 21.3. The first-order valence-electron chi connectivity index (χ1n) is 10.7. The third-order valence-corrected chi connectivity index (χ3v) is 5.52. The van der Waals surface area contributed by atoms with Crippen molar-refractivity contribution >= 4 is 17.3 Å². The summed E-state index contributed by atoms with van der Waals surface area (Å²) in [5.41, 5.74) is 5.48. The van der Waals surface area contributed by atoms with Gasteiger partial charge in [-0.05, 0) is 48.7 Å². The van der Waals surface area contributed by atoms with Gasteiger partial charge in [-0.15, -0.1) is 0 Å². The highest BCUT2D eigenvalue weighted by molar-refractivity contribution is 6.32. The number of likely N-dealkylation sites (tertiary alicyclic amines) is 1. The molecule has 3 nitrogen and oxygen atoms in total. The number of aromatic nitrogens is 1. The van der Waals surface area contributed by atoms with Crippen molar-refractivity contribution in [2.24, 2.45) is 0 Å². The number of rotatable bonds is 4. The first kappa shape index (κ1) is 22.0. The highest BCUT2D eigenvalue weighted by atomic mass is 35.5. The molecule has 0 aliphatic carbocycles. The van der Waals surface area contributed by atoms with Crippen molar-refractivity contribution in [1.82, 2.24) is 9.88 Å². The minimum Gasteiger partial charge on any atom is -0.299 e. The standard InChI is InChI=1S/C24H22ClN3.C2H6/c1-26-22-16-21(19-8-4-2-5-9-19)23(27-24(22)25)20-12-10-18(11-13-20)17-28-14-6-3-7-15-28;1-2/h2,4-5,8-13,16H,3,6-7,14-15,17H2;1-2H3. The third-order valence-electron chi connectivity index (χ3n) is 5.24. The van der Waals surface area contributed by atoms with Gasteiger partial charge < -0.3 is 0 Å². The number of piperidine rings is 1. The molecule has 0 bridgehead atoms. The van der Waals surface area contributed by atoms with Gasteiger partial charge in [-0.3, -0.25) is 4.90 Å². The Labute approximate surface area is 185 Å². The van der Waals surface area contributed by atoms with Gasteiger partial charge in [0.1, 0.15) is 5.15 Å². The van der Waals surface area contributed by atoms with Crippen molar-refractivity contribution in [1.29, 1.82) is 0 Å².